The minimum Gasteiger partial charge on any atom is -0.497 e. The number of benzene rings is 1. The molecule has 96 valence electrons. The van der Waals surface area contributed by atoms with Gasteiger partial charge in [-0.2, -0.15) is 0 Å². The molecule has 4 heteroatoms. The molecule has 0 fully saturated rings. The van der Waals surface area contributed by atoms with E-state index < -0.39 is 0 Å². The summed E-state index contributed by atoms with van der Waals surface area (Å²) in [6, 6.07) is 5.34. The first-order chi connectivity index (χ1) is 8.69. The highest BCUT2D eigenvalue weighted by Crippen LogP contribution is 2.21. The van der Waals surface area contributed by atoms with Crippen molar-refractivity contribution in [1.82, 2.24) is 0 Å². The Morgan fingerprint density at radius 3 is 2.28 bits per heavy atom. The van der Waals surface area contributed by atoms with Gasteiger partial charge in [-0.3, -0.25) is 4.79 Å². The monoisotopic (exact) mass is 248 g/mol. The van der Waals surface area contributed by atoms with Crippen molar-refractivity contribution in [3.8, 4) is 23.3 Å². The fraction of sp³-hybridized carbons (Fsp3) is 0.357. The topological polar surface area (TPSA) is 44.8 Å². The number of hydrogen-bond acceptors (Lipinski definition) is 4. The second kappa shape index (κ2) is 7.23. The first-order valence-corrected chi connectivity index (χ1v) is 5.57. The third kappa shape index (κ3) is 4.38. The van der Waals surface area contributed by atoms with Crippen LogP contribution in [0.4, 0.5) is 0 Å². The van der Waals surface area contributed by atoms with Crippen LogP contribution in [0.3, 0.4) is 0 Å². The summed E-state index contributed by atoms with van der Waals surface area (Å²) in [5.74, 6) is 6.74. The molecule has 18 heavy (non-hydrogen) atoms. The van der Waals surface area contributed by atoms with Crippen molar-refractivity contribution in [2.24, 2.45) is 0 Å². The first kappa shape index (κ1) is 13.9. The maximum Gasteiger partial charge on any atom is 0.306 e. The minimum absolute atomic E-state index is 0.0895. The summed E-state index contributed by atoms with van der Waals surface area (Å²) in [6.45, 7) is 1.83. The first-order valence-electron chi connectivity index (χ1n) is 5.57. The van der Waals surface area contributed by atoms with Crippen LogP contribution < -0.4 is 9.47 Å². The number of rotatable bonds is 4. The third-order valence-electron chi connectivity index (χ3n) is 2.18. The molecule has 1 aromatic rings. The van der Waals surface area contributed by atoms with E-state index in [-0.39, 0.29) is 12.6 Å². The summed E-state index contributed by atoms with van der Waals surface area (Å²) in [5, 5.41) is 0. The molecule has 0 aliphatic rings. The summed E-state index contributed by atoms with van der Waals surface area (Å²) in [5.41, 5.74) is 0.749. The van der Waals surface area contributed by atoms with E-state index in [0.29, 0.717) is 17.9 Å². The van der Waals surface area contributed by atoms with Gasteiger partial charge in [0, 0.05) is 18.1 Å². The highest BCUT2D eigenvalue weighted by atomic mass is 16.5. The normalized spacial score (nSPS) is 9.06. The van der Waals surface area contributed by atoms with Crippen molar-refractivity contribution in [3.63, 3.8) is 0 Å². The summed E-state index contributed by atoms with van der Waals surface area (Å²) >= 11 is 0. The van der Waals surface area contributed by atoms with Gasteiger partial charge in [-0.25, -0.2) is 0 Å². The Bertz CT molecular complexity index is 446. The van der Waals surface area contributed by atoms with Gasteiger partial charge in [0.1, 0.15) is 11.5 Å². The van der Waals surface area contributed by atoms with Gasteiger partial charge in [0.05, 0.1) is 14.2 Å². The summed E-state index contributed by atoms with van der Waals surface area (Å²) in [6.07, 6.45) is 0.356. The van der Waals surface area contributed by atoms with E-state index in [9.17, 15) is 4.79 Å². The molecule has 0 heterocycles. The van der Waals surface area contributed by atoms with Crippen LogP contribution in [0.1, 0.15) is 18.9 Å². The molecule has 0 unspecified atom stereocenters. The molecule has 0 saturated carbocycles. The average molecular weight is 248 g/mol. The van der Waals surface area contributed by atoms with Crippen LogP contribution in [-0.2, 0) is 9.53 Å². The molecular formula is C14H16O4. The smallest absolute Gasteiger partial charge is 0.306 e. The molecule has 0 radical (unpaired) electrons. The van der Waals surface area contributed by atoms with Gasteiger partial charge in [0.2, 0.25) is 0 Å². The quantitative estimate of drug-likeness (QED) is 0.604. The Labute approximate surface area is 107 Å². The van der Waals surface area contributed by atoms with Crippen molar-refractivity contribution in [2.75, 3.05) is 20.8 Å². The van der Waals surface area contributed by atoms with Crippen LogP contribution >= 0.6 is 0 Å². The van der Waals surface area contributed by atoms with Crippen molar-refractivity contribution in [1.29, 1.82) is 0 Å². The van der Waals surface area contributed by atoms with Gasteiger partial charge in [-0.15, -0.1) is 0 Å². The Morgan fingerprint density at radius 1 is 1.17 bits per heavy atom. The van der Waals surface area contributed by atoms with Crippen LogP contribution in [0.25, 0.3) is 0 Å². The Balaban J connectivity index is 2.71. The lowest BCUT2D eigenvalue weighted by Gasteiger charge is -2.04. The fourth-order valence-corrected chi connectivity index (χ4v) is 1.24. The van der Waals surface area contributed by atoms with Crippen molar-refractivity contribution >= 4 is 5.97 Å². The lowest BCUT2D eigenvalue weighted by Crippen LogP contribution is -2.01. The number of ether oxygens (including phenoxy) is 3. The molecule has 0 aliphatic heterocycles. The average Bonchev–Trinajstić information content (AvgIpc) is 2.42. The maximum atomic E-state index is 10.9. The van der Waals surface area contributed by atoms with Gasteiger partial charge in [0.15, 0.2) is 6.61 Å². The van der Waals surface area contributed by atoms with Gasteiger partial charge in [0.25, 0.3) is 0 Å². The highest BCUT2D eigenvalue weighted by molar-refractivity contribution is 5.69. The molecule has 0 bridgehead atoms. The van der Waals surface area contributed by atoms with Crippen molar-refractivity contribution < 1.29 is 19.0 Å². The molecule has 4 nitrogen and oxygen atoms in total. The van der Waals surface area contributed by atoms with Crippen LogP contribution in [0, 0.1) is 11.8 Å². The van der Waals surface area contributed by atoms with Crippen LogP contribution in [0.15, 0.2) is 18.2 Å². The minimum atomic E-state index is -0.257. The zero-order valence-corrected chi connectivity index (χ0v) is 10.8. The molecule has 1 aromatic carbocycles. The van der Waals surface area contributed by atoms with Gasteiger partial charge in [-0.1, -0.05) is 18.8 Å². The number of hydrogen-bond donors (Lipinski definition) is 0. The van der Waals surface area contributed by atoms with E-state index in [1.54, 1.807) is 39.3 Å². The van der Waals surface area contributed by atoms with E-state index in [4.69, 9.17) is 14.2 Å². The van der Waals surface area contributed by atoms with E-state index >= 15 is 0 Å². The molecule has 0 atom stereocenters. The van der Waals surface area contributed by atoms with E-state index in [1.165, 1.54) is 0 Å². The molecule has 0 spiro atoms. The maximum absolute atomic E-state index is 10.9. The summed E-state index contributed by atoms with van der Waals surface area (Å²) in [7, 11) is 3.16. The molecule has 1 rings (SSSR count). The number of carbonyl (C=O) groups is 1. The number of methoxy groups -OCH3 is 2. The second-order valence-electron chi connectivity index (χ2n) is 3.42. The van der Waals surface area contributed by atoms with E-state index in [0.717, 1.165) is 5.56 Å². The predicted molar refractivity (Wildman–Crippen MR) is 67.7 cm³/mol. The van der Waals surface area contributed by atoms with Gasteiger partial charge in [-0.05, 0) is 12.1 Å². The fourth-order valence-electron chi connectivity index (χ4n) is 1.24. The van der Waals surface area contributed by atoms with Crippen molar-refractivity contribution in [2.45, 2.75) is 13.3 Å². The standard InChI is InChI=1S/C14H16O4/c1-4-14(15)18-7-5-6-11-8-12(16-2)10-13(9-11)17-3/h8-10H,4,7H2,1-3H3. The Morgan fingerprint density at radius 2 is 1.78 bits per heavy atom. The predicted octanol–water partition coefficient (Wildman–Crippen LogP) is 2.01. The Hall–Kier alpha value is -2.15. The molecule has 0 N–H and O–H groups in total. The van der Waals surface area contributed by atoms with Gasteiger partial charge < -0.3 is 14.2 Å². The molecule has 0 aliphatic carbocycles. The zero-order valence-electron chi connectivity index (χ0n) is 10.8. The lowest BCUT2D eigenvalue weighted by atomic mass is 10.2. The Kier molecular flexibility index (Phi) is 5.59. The van der Waals surface area contributed by atoms with Gasteiger partial charge >= 0.3 is 5.97 Å². The zero-order chi connectivity index (χ0) is 13.4. The summed E-state index contributed by atoms with van der Waals surface area (Å²) < 4.78 is 15.1. The largest absolute Gasteiger partial charge is 0.497 e. The highest BCUT2D eigenvalue weighted by Gasteiger charge is 1.99. The molecular weight excluding hydrogens is 232 g/mol. The lowest BCUT2D eigenvalue weighted by molar-refractivity contribution is -0.141. The third-order valence-corrected chi connectivity index (χ3v) is 2.18. The molecule has 0 amide bonds. The van der Waals surface area contributed by atoms with E-state index in [1.807, 2.05) is 0 Å². The van der Waals surface area contributed by atoms with E-state index in [2.05, 4.69) is 11.8 Å². The number of carbonyl (C=O) groups excluding carboxylic acids is 1. The van der Waals surface area contributed by atoms with Crippen LogP contribution in [0.5, 0.6) is 11.5 Å². The SMILES string of the molecule is CCC(=O)OCC#Cc1cc(OC)cc(OC)c1. The number of esters is 1. The van der Waals surface area contributed by atoms with Crippen LogP contribution in [-0.4, -0.2) is 26.8 Å². The van der Waals surface area contributed by atoms with Crippen molar-refractivity contribution in [3.05, 3.63) is 23.8 Å². The molecule has 0 saturated heterocycles. The summed E-state index contributed by atoms with van der Waals surface area (Å²) in [4.78, 5) is 10.9. The molecule has 0 aromatic heterocycles. The van der Waals surface area contributed by atoms with Crippen LogP contribution in [0.2, 0.25) is 0 Å². The second-order valence-corrected chi connectivity index (χ2v) is 3.42.